The maximum Gasteiger partial charge on any atom is 0.243 e. The number of amides is 1. The van der Waals surface area contributed by atoms with E-state index in [9.17, 15) is 4.79 Å². The van der Waals surface area contributed by atoms with Crippen LogP contribution in [0.3, 0.4) is 0 Å². The maximum atomic E-state index is 12.2. The average Bonchev–Trinajstić information content (AvgIpc) is 2.59. The Labute approximate surface area is 137 Å². The molecule has 6 heteroatoms. The Bertz CT molecular complexity index is 501. The standard InChI is InChI=1S/C17H26N2O4/c1-3-8-22-15-6-5-13(11-16(15)23-9-4-2)19-17(20)14-12-21-10-7-18-14/h5-6,11,14,18H,3-4,7-10,12H2,1-2H3,(H,19,20). The topological polar surface area (TPSA) is 68.8 Å². The first kappa shape index (κ1) is 17.6. The third-order valence-corrected chi connectivity index (χ3v) is 3.37. The number of carbonyl (C=O) groups excluding carboxylic acids is 1. The molecule has 23 heavy (non-hydrogen) atoms. The van der Waals surface area contributed by atoms with Crippen molar-refractivity contribution < 1.29 is 19.0 Å². The molecular formula is C17H26N2O4. The van der Waals surface area contributed by atoms with Gasteiger partial charge in [-0.15, -0.1) is 0 Å². The summed E-state index contributed by atoms with van der Waals surface area (Å²) >= 11 is 0. The molecule has 1 saturated heterocycles. The first-order valence-corrected chi connectivity index (χ1v) is 8.26. The van der Waals surface area contributed by atoms with Gasteiger partial charge >= 0.3 is 0 Å². The number of nitrogens with one attached hydrogen (secondary N) is 2. The molecule has 1 aromatic carbocycles. The second-order valence-corrected chi connectivity index (χ2v) is 5.43. The highest BCUT2D eigenvalue weighted by molar-refractivity contribution is 5.95. The van der Waals surface area contributed by atoms with E-state index >= 15 is 0 Å². The van der Waals surface area contributed by atoms with Crippen molar-refractivity contribution in [1.29, 1.82) is 0 Å². The molecule has 2 rings (SSSR count). The monoisotopic (exact) mass is 322 g/mol. The van der Waals surface area contributed by atoms with Crippen molar-refractivity contribution in [2.75, 3.05) is 38.3 Å². The Morgan fingerprint density at radius 2 is 2.00 bits per heavy atom. The summed E-state index contributed by atoms with van der Waals surface area (Å²) in [5, 5.41) is 6.03. The van der Waals surface area contributed by atoms with Crippen LogP contribution in [0.4, 0.5) is 5.69 Å². The third-order valence-electron chi connectivity index (χ3n) is 3.37. The SMILES string of the molecule is CCCOc1ccc(NC(=O)C2COCCN2)cc1OCCC. The molecule has 1 aliphatic rings. The second kappa shape index (κ2) is 9.37. The predicted octanol–water partition coefficient (Wildman–Crippen LogP) is 2.19. The van der Waals surface area contributed by atoms with Gasteiger partial charge in [0.05, 0.1) is 26.4 Å². The Hall–Kier alpha value is -1.79. The molecule has 6 nitrogen and oxygen atoms in total. The van der Waals surface area contributed by atoms with Crippen LogP contribution in [0.1, 0.15) is 26.7 Å². The lowest BCUT2D eigenvalue weighted by molar-refractivity contribution is -0.120. The fraction of sp³-hybridized carbons (Fsp3) is 0.588. The molecule has 0 spiro atoms. The number of ether oxygens (including phenoxy) is 3. The lowest BCUT2D eigenvalue weighted by Gasteiger charge is -2.23. The molecule has 1 fully saturated rings. The van der Waals surface area contributed by atoms with E-state index in [1.807, 2.05) is 25.1 Å². The highest BCUT2D eigenvalue weighted by Gasteiger charge is 2.21. The van der Waals surface area contributed by atoms with Crippen molar-refractivity contribution in [3.8, 4) is 11.5 Å². The average molecular weight is 322 g/mol. The van der Waals surface area contributed by atoms with E-state index in [0.717, 1.165) is 12.8 Å². The van der Waals surface area contributed by atoms with Crippen LogP contribution in [-0.2, 0) is 9.53 Å². The van der Waals surface area contributed by atoms with Gasteiger partial charge in [0.25, 0.3) is 0 Å². The molecule has 128 valence electrons. The number of morpholine rings is 1. The van der Waals surface area contributed by atoms with Crippen LogP contribution >= 0.6 is 0 Å². The van der Waals surface area contributed by atoms with Gasteiger partial charge in [-0.05, 0) is 25.0 Å². The predicted molar refractivity (Wildman–Crippen MR) is 89.3 cm³/mol. The molecule has 1 unspecified atom stereocenters. The largest absolute Gasteiger partial charge is 0.490 e. The molecule has 0 aromatic heterocycles. The van der Waals surface area contributed by atoms with Gasteiger partial charge < -0.3 is 24.8 Å². The van der Waals surface area contributed by atoms with Gasteiger partial charge in [-0.3, -0.25) is 4.79 Å². The van der Waals surface area contributed by atoms with Gasteiger partial charge in [0, 0.05) is 18.3 Å². The van der Waals surface area contributed by atoms with Crippen LogP contribution < -0.4 is 20.1 Å². The normalized spacial score (nSPS) is 17.6. The minimum Gasteiger partial charge on any atom is -0.490 e. The molecule has 1 aliphatic heterocycles. The summed E-state index contributed by atoms with van der Waals surface area (Å²) in [6, 6.07) is 5.15. The third kappa shape index (κ3) is 5.41. The molecule has 1 heterocycles. The van der Waals surface area contributed by atoms with Crippen LogP contribution in [-0.4, -0.2) is 44.9 Å². The molecule has 0 saturated carbocycles. The fourth-order valence-corrected chi connectivity index (χ4v) is 2.21. The highest BCUT2D eigenvalue weighted by Crippen LogP contribution is 2.31. The molecule has 2 N–H and O–H groups in total. The summed E-state index contributed by atoms with van der Waals surface area (Å²) in [6.45, 7) is 7.07. The number of rotatable bonds is 8. The molecular weight excluding hydrogens is 296 g/mol. The van der Waals surface area contributed by atoms with E-state index in [-0.39, 0.29) is 11.9 Å². The van der Waals surface area contributed by atoms with Gasteiger partial charge in [-0.25, -0.2) is 0 Å². The van der Waals surface area contributed by atoms with Crippen LogP contribution in [0.15, 0.2) is 18.2 Å². The minimum atomic E-state index is -0.320. The summed E-state index contributed by atoms with van der Waals surface area (Å²) in [7, 11) is 0. The van der Waals surface area contributed by atoms with Crippen molar-refractivity contribution >= 4 is 11.6 Å². The summed E-state index contributed by atoms with van der Waals surface area (Å²) in [5.74, 6) is 1.26. The first-order chi connectivity index (χ1) is 11.2. The van der Waals surface area contributed by atoms with Gasteiger partial charge in [0.15, 0.2) is 11.5 Å². The van der Waals surface area contributed by atoms with E-state index in [4.69, 9.17) is 14.2 Å². The molecule has 0 radical (unpaired) electrons. The van der Waals surface area contributed by atoms with Gasteiger partial charge in [-0.2, -0.15) is 0 Å². The number of carbonyl (C=O) groups is 1. The van der Waals surface area contributed by atoms with Gasteiger partial charge in [0.1, 0.15) is 6.04 Å². The Morgan fingerprint density at radius 3 is 2.65 bits per heavy atom. The Kier molecular flexibility index (Phi) is 7.16. The zero-order valence-corrected chi connectivity index (χ0v) is 13.9. The Morgan fingerprint density at radius 1 is 1.26 bits per heavy atom. The quantitative estimate of drug-likeness (QED) is 0.768. The van der Waals surface area contributed by atoms with E-state index in [0.29, 0.717) is 50.2 Å². The fourth-order valence-electron chi connectivity index (χ4n) is 2.21. The second-order valence-electron chi connectivity index (χ2n) is 5.43. The number of hydrogen-bond acceptors (Lipinski definition) is 5. The summed E-state index contributed by atoms with van der Waals surface area (Å²) < 4.78 is 16.7. The van der Waals surface area contributed by atoms with E-state index < -0.39 is 0 Å². The maximum absolute atomic E-state index is 12.2. The van der Waals surface area contributed by atoms with E-state index in [1.165, 1.54) is 0 Å². The molecule has 1 atom stereocenters. The highest BCUT2D eigenvalue weighted by atomic mass is 16.5. The van der Waals surface area contributed by atoms with Crippen molar-refractivity contribution in [3.05, 3.63) is 18.2 Å². The van der Waals surface area contributed by atoms with E-state index in [2.05, 4.69) is 17.6 Å². The van der Waals surface area contributed by atoms with E-state index in [1.54, 1.807) is 0 Å². The van der Waals surface area contributed by atoms with Crippen molar-refractivity contribution in [2.45, 2.75) is 32.7 Å². The molecule has 1 amide bonds. The number of benzene rings is 1. The number of hydrogen-bond donors (Lipinski definition) is 2. The smallest absolute Gasteiger partial charge is 0.243 e. The molecule has 1 aromatic rings. The minimum absolute atomic E-state index is 0.103. The summed E-state index contributed by atoms with van der Waals surface area (Å²) in [6.07, 6.45) is 1.84. The summed E-state index contributed by atoms with van der Waals surface area (Å²) in [5.41, 5.74) is 0.692. The zero-order chi connectivity index (χ0) is 16.5. The van der Waals surface area contributed by atoms with Crippen LogP contribution in [0, 0.1) is 0 Å². The lowest BCUT2D eigenvalue weighted by Crippen LogP contribution is -2.48. The zero-order valence-electron chi connectivity index (χ0n) is 13.9. The van der Waals surface area contributed by atoms with Crippen LogP contribution in [0.25, 0.3) is 0 Å². The van der Waals surface area contributed by atoms with Crippen molar-refractivity contribution in [3.63, 3.8) is 0 Å². The van der Waals surface area contributed by atoms with Crippen LogP contribution in [0.2, 0.25) is 0 Å². The van der Waals surface area contributed by atoms with Crippen molar-refractivity contribution in [2.24, 2.45) is 0 Å². The van der Waals surface area contributed by atoms with Crippen molar-refractivity contribution in [1.82, 2.24) is 5.32 Å². The van der Waals surface area contributed by atoms with Crippen LogP contribution in [0.5, 0.6) is 11.5 Å². The van der Waals surface area contributed by atoms with Gasteiger partial charge in [0.2, 0.25) is 5.91 Å². The lowest BCUT2D eigenvalue weighted by atomic mass is 10.2. The summed E-state index contributed by atoms with van der Waals surface area (Å²) in [4.78, 5) is 12.2. The Balaban J connectivity index is 2.04. The van der Waals surface area contributed by atoms with Gasteiger partial charge in [-0.1, -0.05) is 13.8 Å². The molecule has 0 aliphatic carbocycles. The number of anilines is 1. The first-order valence-electron chi connectivity index (χ1n) is 8.26. The molecule has 0 bridgehead atoms.